The maximum Gasteiger partial charge on any atom is 0.261 e. The number of nitrogens with zero attached hydrogens (tertiary/aromatic N) is 1. The van der Waals surface area contributed by atoms with Gasteiger partial charge in [-0.15, -0.1) is 0 Å². The van der Waals surface area contributed by atoms with Gasteiger partial charge in [-0.25, -0.2) is 4.98 Å². The van der Waals surface area contributed by atoms with Gasteiger partial charge in [0.2, 0.25) is 0 Å². The summed E-state index contributed by atoms with van der Waals surface area (Å²) in [4.78, 5) is 16.9. The molecule has 7 heteroatoms. The van der Waals surface area contributed by atoms with Gasteiger partial charge in [0.05, 0.1) is 22.9 Å². The summed E-state index contributed by atoms with van der Waals surface area (Å²) in [5.74, 6) is 0.124. The van der Waals surface area contributed by atoms with E-state index in [0.717, 1.165) is 15.8 Å². The third-order valence-electron chi connectivity index (χ3n) is 3.37. The second kappa shape index (κ2) is 6.35. The molecular weight excluding hydrogens is 355 g/mol. The van der Waals surface area contributed by atoms with Crippen molar-refractivity contribution in [3.05, 3.63) is 51.5 Å². The lowest BCUT2D eigenvalue weighted by Crippen LogP contribution is -2.13. The van der Waals surface area contributed by atoms with E-state index >= 15 is 0 Å². The van der Waals surface area contributed by atoms with E-state index in [1.54, 1.807) is 18.2 Å². The Balaban J connectivity index is 1.94. The van der Waals surface area contributed by atoms with Crippen LogP contribution in [-0.2, 0) is 0 Å². The standard InChI is InChI=1S/C16H12Cl2N2O2S/c1-8-11(18)4-6-13-14(8)19-16(23-13)20-15(21)10-7-9(17)3-5-12(10)22-2/h3-7H,1-2H3,(H,19,20,21). The maximum absolute atomic E-state index is 12.5. The molecule has 0 aliphatic heterocycles. The van der Waals surface area contributed by atoms with Crippen LogP contribution < -0.4 is 10.1 Å². The van der Waals surface area contributed by atoms with Gasteiger partial charge in [0, 0.05) is 10.0 Å². The summed E-state index contributed by atoms with van der Waals surface area (Å²) in [6, 6.07) is 8.59. The minimum atomic E-state index is -0.327. The number of methoxy groups -OCH3 is 1. The molecule has 0 aliphatic carbocycles. The highest BCUT2D eigenvalue weighted by atomic mass is 35.5. The van der Waals surface area contributed by atoms with E-state index in [9.17, 15) is 4.79 Å². The zero-order valence-corrected chi connectivity index (χ0v) is 14.6. The average molecular weight is 367 g/mol. The largest absolute Gasteiger partial charge is 0.496 e. The van der Waals surface area contributed by atoms with Gasteiger partial charge in [-0.05, 0) is 42.8 Å². The SMILES string of the molecule is COc1ccc(Cl)cc1C(=O)Nc1nc2c(C)c(Cl)ccc2s1. The van der Waals surface area contributed by atoms with E-state index in [1.165, 1.54) is 18.4 Å². The second-order valence-electron chi connectivity index (χ2n) is 4.84. The topological polar surface area (TPSA) is 51.2 Å². The predicted octanol–water partition coefficient (Wildman–Crippen LogP) is 5.17. The fourth-order valence-electron chi connectivity index (χ4n) is 2.18. The molecule has 1 aromatic heterocycles. The van der Waals surface area contributed by atoms with E-state index < -0.39 is 0 Å². The van der Waals surface area contributed by atoms with Crippen LogP contribution in [0.5, 0.6) is 5.75 Å². The number of hydrogen-bond donors (Lipinski definition) is 1. The number of rotatable bonds is 3. The predicted molar refractivity (Wildman–Crippen MR) is 95.3 cm³/mol. The molecule has 0 atom stereocenters. The Kier molecular flexibility index (Phi) is 4.43. The van der Waals surface area contributed by atoms with E-state index in [2.05, 4.69) is 10.3 Å². The quantitative estimate of drug-likeness (QED) is 0.695. The molecule has 0 bridgehead atoms. The molecule has 0 saturated heterocycles. The number of ether oxygens (including phenoxy) is 1. The van der Waals surface area contributed by atoms with Crippen LogP contribution in [0.4, 0.5) is 5.13 Å². The molecule has 3 aromatic rings. The molecule has 1 amide bonds. The molecule has 1 heterocycles. The van der Waals surface area contributed by atoms with Crippen molar-refractivity contribution in [2.45, 2.75) is 6.92 Å². The molecule has 3 rings (SSSR count). The fourth-order valence-corrected chi connectivity index (χ4v) is 3.42. The number of aromatic nitrogens is 1. The number of halogens is 2. The Bertz CT molecular complexity index is 908. The summed E-state index contributed by atoms with van der Waals surface area (Å²) in [5, 5.41) is 4.39. The van der Waals surface area contributed by atoms with Gasteiger partial charge < -0.3 is 4.74 Å². The minimum absolute atomic E-state index is 0.327. The molecule has 0 aliphatic rings. The number of hydrogen-bond acceptors (Lipinski definition) is 4. The molecular formula is C16H12Cl2N2O2S. The van der Waals surface area contributed by atoms with Crippen molar-refractivity contribution in [1.82, 2.24) is 4.98 Å². The lowest BCUT2D eigenvalue weighted by Gasteiger charge is -2.08. The Hall–Kier alpha value is -1.82. The van der Waals surface area contributed by atoms with Crippen LogP contribution in [0, 0.1) is 6.92 Å². The first-order valence-electron chi connectivity index (χ1n) is 6.70. The van der Waals surface area contributed by atoms with Crippen molar-refractivity contribution >= 4 is 55.8 Å². The first-order chi connectivity index (χ1) is 11.0. The lowest BCUT2D eigenvalue weighted by atomic mass is 10.2. The Labute approximate surface area is 147 Å². The smallest absolute Gasteiger partial charge is 0.261 e. The zero-order chi connectivity index (χ0) is 16.6. The molecule has 1 N–H and O–H groups in total. The third kappa shape index (κ3) is 3.13. The molecule has 0 saturated carbocycles. The molecule has 0 fully saturated rings. The van der Waals surface area contributed by atoms with Crippen LogP contribution in [0.2, 0.25) is 10.0 Å². The number of fused-ring (bicyclic) bond motifs is 1. The van der Waals surface area contributed by atoms with Crippen molar-refractivity contribution in [3.63, 3.8) is 0 Å². The van der Waals surface area contributed by atoms with Crippen molar-refractivity contribution < 1.29 is 9.53 Å². The van der Waals surface area contributed by atoms with Crippen LogP contribution in [-0.4, -0.2) is 18.0 Å². The van der Waals surface area contributed by atoms with Gasteiger partial charge in [-0.2, -0.15) is 0 Å². The number of amides is 1. The van der Waals surface area contributed by atoms with E-state index in [-0.39, 0.29) is 5.91 Å². The number of benzene rings is 2. The van der Waals surface area contributed by atoms with Gasteiger partial charge in [0.15, 0.2) is 5.13 Å². The van der Waals surface area contributed by atoms with Crippen LogP contribution >= 0.6 is 34.5 Å². The molecule has 118 valence electrons. The lowest BCUT2D eigenvalue weighted by molar-refractivity contribution is 0.102. The van der Waals surface area contributed by atoms with Gasteiger partial charge in [-0.1, -0.05) is 34.5 Å². The van der Waals surface area contributed by atoms with Crippen LogP contribution in [0.15, 0.2) is 30.3 Å². The summed E-state index contributed by atoms with van der Waals surface area (Å²) in [7, 11) is 1.50. The fraction of sp³-hybridized carbons (Fsp3) is 0.125. The van der Waals surface area contributed by atoms with Crippen molar-refractivity contribution in [2.75, 3.05) is 12.4 Å². The van der Waals surface area contributed by atoms with Crippen LogP contribution in [0.1, 0.15) is 15.9 Å². The van der Waals surface area contributed by atoms with Crippen molar-refractivity contribution in [1.29, 1.82) is 0 Å². The zero-order valence-electron chi connectivity index (χ0n) is 12.3. The first kappa shape index (κ1) is 16.1. The highest BCUT2D eigenvalue weighted by Gasteiger charge is 2.16. The molecule has 2 aromatic carbocycles. The number of carbonyl (C=O) groups is 1. The van der Waals surface area contributed by atoms with E-state index in [4.69, 9.17) is 27.9 Å². The van der Waals surface area contributed by atoms with Crippen LogP contribution in [0.3, 0.4) is 0 Å². The minimum Gasteiger partial charge on any atom is -0.496 e. The van der Waals surface area contributed by atoms with Gasteiger partial charge in [0.1, 0.15) is 5.75 Å². The monoisotopic (exact) mass is 366 g/mol. The van der Waals surface area contributed by atoms with Gasteiger partial charge in [-0.3, -0.25) is 10.1 Å². The third-order valence-corrected chi connectivity index (χ3v) is 4.96. The summed E-state index contributed by atoms with van der Waals surface area (Å²) >= 11 is 13.4. The Morgan fingerprint density at radius 3 is 2.78 bits per heavy atom. The van der Waals surface area contributed by atoms with E-state index in [0.29, 0.717) is 26.5 Å². The van der Waals surface area contributed by atoms with Crippen LogP contribution in [0.25, 0.3) is 10.2 Å². The molecule has 23 heavy (non-hydrogen) atoms. The number of aryl methyl sites for hydroxylation is 1. The first-order valence-corrected chi connectivity index (χ1v) is 8.27. The highest BCUT2D eigenvalue weighted by molar-refractivity contribution is 7.22. The number of anilines is 1. The average Bonchev–Trinajstić information content (AvgIpc) is 2.94. The number of thiazole rings is 1. The number of nitrogens with one attached hydrogen (secondary N) is 1. The number of carbonyl (C=O) groups excluding carboxylic acids is 1. The normalized spacial score (nSPS) is 10.8. The molecule has 0 spiro atoms. The van der Waals surface area contributed by atoms with Gasteiger partial charge >= 0.3 is 0 Å². The maximum atomic E-state index is 12.5. The van der Waals surface area contributed by atoms with Crippen molar-refractivity contribution in [2.24, 2.45) is 0 Å². The summed E-state index contributed by atoms with van der Waals surface area (Å²) in [5.41, 5.74) is 2.03. The summed E-state index contributed by atoms with van der Waals surface area (Å²) in [6.07, 6.45) is 0. The highest BCUT2D eigenvalue weighted by Crippen LogP contribution is 2.32. The van der Waals surface area contributed by atoms with Crippen molar-refractivity contribution in [3.8, 4) is 5.75 Å². The summed E-state index contributed by atoms with van der Waals surface area (Å²) < 4.78 is 6.16. The molecule has 4 nitrogen and oxygen atoms in total. The molecule has 0 unspecified atom stereocenters. The molecule has 0 radical (unpaired) electrons. The Morgan fingerprint density at radius 1 is 1.26 bits per heavy atom. The van der Waals surface area contributed by atoms with E-state index in [1.807, 2.05) is 19.1 Å². The Morgan fingerprint density at radius 2 is 2.04 bits per heavy atom. The second-order valence-corrected chi connectivity index (χ2v) is 6.71. The summed E-state index contributed by atoms with van der Waals surface area (Å²) in [6.45, 7) is 1.90. The van der Waals surface area contributed by atoms with Gasteiger partial charge in [0.25, 0.3) is 5.91 Å².